The van der Waals surface area contributed by atoms with E-state index >= 15 is 0 Å². The van der Waals surface area contributed by atoms with Gasteiger partial charge in [-0.1, -0.05) is 37.6 Å². The molecule has 1 amide bonds. The molecule has 0 radical (unpaired) electrons. The molecule has 1 saturated heterocycles. The SMILES string of the molecule is CN=C(NCCNC(=O)c1ccccc1Cl)N1CCSC(C(C)C)C1.I. The highest BCUT2D eigenvalue weighted by molar-refractivity contribution is 14.0. The van der Waals surface area contributed by atoms with Gasteiger partial charge in [0.15, 0.2) is 5.96 Å². The molecule has 26 heavy (non-hydrogen) atoms. The van der Waals surface area contributed by atoms with E-state index < -0.39 is 0 Å². The van der Waals surface area contributed by atoms with Gasteiger partial charge in [0.25, 0.3) is 5.91 Å². The molecule has 1 unspecified atom stereocenters. The summed E-state index contributed by atoms with van der Waals surface area (Å²) in [6, 6.07) is 7.06. The van der Waals surface area contributed by atoms with E-state index in [1.807, 2.05) is 17.8 Å². The summed E-state index contributed by atoms with van der Waals surface area (Å²) in [5.41, 5.74) is 0.501. The van der Waals surface area contributed by atoms with Gasteiger partial charge in [0.1, 0.15) is 0 Å². The van der Waals surface area contributed by atoms with E-state index in [1.54, 1.807) is 25.2 Å². The van der Waals surface area contributed by atoms with Gasteiger partial charge in [-0.05, 0) is 18.1 Å². The van der Waals surface area contributed by atoms with Crippen LogP contribution in [0.4, 0.5) is 0 Å². The van der Waals surface area contributed by atoms with Crippen LogP contribution in [0.15, 0.2) is 29.3 Å². The van der Waals surface area contributed by atoms with Crippen LogP contribution in [0.3, 0.4) is 0 Å². The summed E-state index contributed by atoms with van der Waals surface area (Å²) in [5.74, 6) is 2.52. The first-order valence-corrected chi connectivity index (χ1v) is 10.1. The zero-order valence-corrected chi connectivity index (χ0v) is 19.4. The van der Waals surface area contributed by atoms with E-state index in [9.17, 15) is 4.79 Å². The average Bonchev–Trinajstić information content (AvgIpc) is 2.62. The Balaban J connectivity index is 0.00000338. The van der Waals surface area contributed by atoms with E-state index in [4.69, 9.17) is 11.6 Å². The van der Waals surface area contributed by atoms with Gasteiger partial charge in [-0.15, -0.1) is 24.0 Å². The summed E-state index contributed by atoms with van der Waals surface area (Å²) in [6.07, 6.45) is 0. The van der Waals surface area contributed by atoms with Gasteiger partial charge in [0.2, 0.25) is 0 Å². The Morgan fingerprint density at radius 1 is 1.35 bits per heavy atom. The molecule has 5 nitrogen and oxygen atoms in total. The topological polar surface area (TPSA) is 56.7 Å². The van der Waals surface area contributed by atoms with Crippen molar-refractivity contribution < 1.29 is 4.79 Å². The highest BCUT2D eigenvalue weighted by Gasteiger charge is 2.24. The average molecular weight is 511 g/mol. The molecular formula is C18H28ClIN4OS. The number of aliphatic imine (C=N–C) groups is 1. The fourth-order valence-electron chi connectivity index (χ4n) is 2.69. The molecule has 1 aliphatic heterocycles. The van der Waals surface area contributed by atoms with Crippen LogP contribution < -0.4 is 10.6 Å². The lowest BCUT2D eigenvalue weighted by atomic mass is 10.1. The van der Waals surface area contributed by atoms with Gasteiger partial charge in [-0.25, -0.2) is 0 Å². The van der Waals surface area contributed by atoms with Crippen LogP contribution in [0.25, 0.3) is 0 Å². The number of thioether (sulfide) groups is 1. The number of rotatable bonds is 5. The molecular weight excluding hydrogens is 483 g/mol. The second-order valence-corrected chi connectivity index (χ2v) is 8.06. The van der Waals surface area contributed by atoms with Crippen LogP contribution in [0.2, 0.25) is 5.02 Å². The van der Waals surface area contributed by atoms with E-state index in [-0.39, 0.29) is 29.9 Å². The number of hydrogen-bond donors (Lipinski definition) is 2. The van der Waals surface area contributed by atoms with E-state index in [0.29, 0.717) is 34.8 Å². The standard InChI is InChI=1S/C18H27ClN4OS.HI/c1-13(2)16-12-23(10-11-25-16)18(20-3)22-9-8-21-17(24)14-6-4-5-7-15(14)19;/h4-7,13,16H,8-12H2,1-3H3,(H,20,22)(H,21,24);1H. The van der Waals surface area contributed by atoms with Crippen molar-refractivity contribution >= 4 is 59.2 Å². The predicted octanol–water partition coefficient (Wildman–Crippen LogP) is 3.34. The van der Waals surface area contributed by atoms with Crippen LogP contribution in [0, 0.1) is 5.92 Å². The fourth-order valence-corrected chi connectivity index (χ4v) is 4.21. The highest BCUT2D eigenvalue weighted by atomic mass is 127. The van der Waals surface area contributed by atoms with Gasteiger partial charge in [0.05, 0.1) is 10.6 Å². The maximum atomic E-state index is 12.1. The van der Waals surface area contributed by atoms with Crippen molar-refractivity contribution in [1.29, 1.82) is 0 Å². The van der Waals surface area contributed by atoms with E-state index in [0.717, 1.165) is 24.8 Å². The first kappa shape index (κ1) is 23.4. The Morgan fingerprint density at radius 2 is 2.04 bits per heavy atom. The normalized spacial score (nSPS) is 17.7. The van der Waals surface area contributed by atoms with Crippen LogP contribution in [-0.2, 0) is 0 Å². The van der Waals surface area contributed by atoms with Gasteiger partial charge >= 0.3 is 0 Å². The number of nitrogens with one attached hydrogen (secondary N) is 2. The maximum Gasteiger partial charge on any atom is 0.252 e. The zero-order valence-electron chi connectivity index (χ0n) is 15.5. The summed E-state index contributed by atoms with van der Waals surface area (Å²) in [5, 5.41) is 7.32. The third-order valence-electron chi connectivity index (χ3n) is 4.16. The summed E-state index contributed by atoms with van der Waals surface area (Å²) in [6.45, 7) is 7.68. The first-order valence-electron chi connectivity index (χ1n) is 8.63. The molecule has 1 aliphatic rings. The summed E-state index contributed by atoms with van der Waals surface area (Å²) in [7, 11) is 1.80. The molecule has 1 fully saturated rings. The molecule has 0 aromatic heterocycles. The molecule has 2 rings (SSSR count). The molecule has 1 heterocycles. The first-order chi connectivity index (χ1) is 12.0. The van der Waals surface area contributed by atoms with Gasteiger partial charge < -0.3 is 15.5 Å². The minimum Gasteiger partial charge on any atom is -0.354 e. The van der Waals surface area contributed by atoms with Crippen molar-refractivity contribution in [1.82, 2.24) is 15.5 Å². The lowest BCUT2D eigenvalue weighted by molar-refractivity contribution is 0.0954. The molecule has 146 valence electrons. The summed E-state index contributed by atoms with van der Waals surface area (Å²) < 4.78 is 0. The summed E-state index contributed by atoms with van der Waals surface area (Å²) in [4.78, 5) is 18.8. The molecule has 1 aromatic rings. The van der Waals surface area contributed by atoms with Crippen molar-refractivity contribution in [2.24, 2.45) is 10.9 Å². The number of nitrogens with zero attached hydrogens (tertiary/aromatic N) is 2. The predicted molar refractivity (Wildman–Crippen MR) is 123 cm³/mol. The summed E-state index contributed by atoms with van der Waals surface area (Å²) >= 11 is 8.08. The molecule has 1 aromatic carbocycles. The van der Waals surface area contributed by atoms with Gasteiger partial charge in [-0.3, -0.25) is 9.79 Å². The second-order valence-electron chi connectivity index (χ2n) is 6.31. The van der Waals surface area contributed by atoms with Crippen molar-refractivity contribution in [2.75, 3.05) is 39.0 Å². The molecule has 1 atom stereocenters. The third kappa shape index (κ3) is 6.81. The molecule has 0 aliphatic carbocycles. The highest BCUT2D eigenvalue weighted by Crippen LogP contribution is 2.24. The molecule has 0 saturated carbocycles. The smallest absolute Gasteiger partial charge is 0.252 e. The second kappa shape index (κ2) is 11.9. The van der Waals surface area contributed by atoms with Gasteiger partial charge in [-0.2, -0.15) is 11.8 Å². The molecule has 0 spiro atoms. The lowest BCUT2D eigenvalue weighted by Crippen LogP contribution is -2.50. The number of hydrogen-bond acceptors (Lipinski definition) is 3. The Hall–Kier alpha value is -0.670. The fraction of sp³-hybridized carbons (Fsp3) is 0.556. The van der Waals surface area contributed by atoms with Crippen LogP contribution >= 0.6 is 47.3 Å². The van der Waals surface area contributed by atoms with Gasteiger partial charge in [0, 0.05) is 44.2 Å². The van der Waals surface area contributed by atoms with Crippen LogP contribution in [0.5, 0.6) is 0 Å². The minimum atomic E-state index is -0.156. The Bertz CT molecular complexity index is 615. The Labute approximate surface area is 182 Å². The van der Waals surface area contributed by atoms with Crippen LogP contribution in [-0.4, -0.2) is 61.0 Å². The molecule has 0 bridgehead atoms. The lowest BCUT2D eigenvalue weighted by Gasteiger charge is -2.36. The number of amides is 1. The van der Waals surface area contributed by atoms with Crippen molar-refractivity contribution in [3.8, 4) is 0 Å². The van der Waals surface area contributed by atoms with Crippen LogP contribution in [0.1, 0.15) is 24.2 Å². The van der Waals surface area contributed by atoms with Crippen molar-refractivity contribution in [3.63, 3.8) is 0 Å². The monoisotopic (exact) mass is 510 g/mol. The minimum absolute atomic E-state index is 0. The Morgan fingerprint density at radius 3 is 2.69 bits per heavy atom. The number of carbonyl (C=O) groups is 1. The number of benzene rings is 1. The quantitative estimate of drug-likeness (QED) is 0.276. The molecule has 8 heteroatoms. The maximum absolute atomic E-state index is 12.1. The van der Waals surface area contributed by atoms with E-state index in [2.05, 4.69) is 34.4 Å². The van der Waals surface area contributed by atoms with E-state index in [1.165, 1.54) is 0 Å². The zero-order chi connectivity index (χ0) is 18.2. The molecule has 2 N–H and O–H groups in total. The largest absolute Gasteiger partial charge is 0.354 e. The Kier molecular flexibility index (Phi) is 10.7. The van der Waals surface area contributed by atoms with Crippen molar-refractivity contribution in [3.05, 3.63) is 34.9 Å². The number of halogens is 2. The number of carbonyl (C=O) groups excluding carboxylic acids is 1. The number of guanidine groups is 1. The van der Waals surface area contributed by atoms with Crippen molar-refractivity contribution in [2.45, 2.75) is 19.1 Å². The third-order valence-corrected chi connectivity index (χ3v) is 6.03.